The Bertz CT molecular complexity index is 1070. The molecule has 178 valence electrons. The monoisotopic (exact) mass is 474 g/mol. The van der Waals surface area contributed by atoms with Gasteiger partial charge in [0.1, 0.15) is 6.54 Å². The van der Waals surface area contributed by atoms with Gasteiger partial charge in [0.05, 0.1) is 10.9 Å². The van der Waals surface area contributed by atoms with E-state index in [1.165, 1.54) is 45.2 Å². The first-order chi connectivity index (χ1) is 15.6. The molecule has 2 atom stereocenters. The molecular formula is C24H30N2O6S. The molecule has 33 heavy (non-hydrogen) atoms. The van der Waals surface area contributed by atoms with Gasteiger partial charge in [-0.2, -0.15) is 4.31 Å². The number of carbonyl (C=O) groups is 3. The smallest absolute Gasteiger partial charge is 0.322 e. The van der Waals surface area contributed by atoms with Crippen LogP contribution < -0.4 is 5.32 Å². The van der Waals surface area contributed by atoms with Gasteiger partial charge in [0.2, 0.25) is 10.0 Å². The Hall–Kier alpha value is -3.04. The van der Waals surface area contributed by atoms with Gasteiger partial charge >= 0.3 is 5.97 Å². The lowest BCUT2D eigenvalue weighted by atomic mass is 10.0. The molecule has 0 fully saturated rings. The quantitative estimate of drug-likeness (QED) is 0.396. The van der Waals surface area contributed by atoms with Crippen LogP contribution in [0.25, 0.3) is 0 Å². The molecular weight excluding hydrogens is 444 g/mol. The lowest BCUT2D eigenvalue weighted by Crippen LogP contribution is -2.40. The van der Waals surface area contributed by atoms with Crippen molar-refractivity contribution in [3.8, 4) is 0 Å². The van der Waals surface area contributed by atoms with Crippen LogP contribution in [0.15, 0.2) is 59.5 Å². The topological polar surface area (TPSA) is 110 Å². The fourth-order valence-corrected chi connectivity index (χ4v) is 4.30. The Balaban J connectivity index is 1.97. The number of Topliss-reactive ketones (excluding diaryl/α,β-unsaturated/α-hetero) is 1. The Morgan fingerprint density at radius 2 is 1.64 bits per heavy atom. The summed E-state index contributed by atoms with van der Waals surface area (Å²) in [5, 5.41) is 2.89. The number of hydrogen-bond acceptors (Lipinski definition) is 6. The molecule has 2 unspecified atom stereocenters. The van der Waals surface area contributed by atoms with Crippen LogP contribution in [0, 0.1) is 0 Å². The molecule has 9 heteroatoms. The van der Waals surface area contributed by atoms with Gasteiger partial charge in [-0.05, 0) is 38.0 Å². The SMILES string of the molecule is CCCC(NC(=O)C(C)OC(=O)CN(C)S(=O)(=O)c1ccc(C(C)=O)cc1)c1ccccc1. The van der Waals surface area contributed by atoms with Crippen LogP contribution in [-0.2, 0) is 24.3 Å². The lowest BCUT2D eigenvalue weighted by molar-refractivity contribution is -0.155. The van der Waals surface area contributed by atoms with Gasteiger partial charge in [-0.25, -0.2) is 8.42 Å². The minimum Gasteiger partial charge on any atom is -0.452 e. The zero-order valence-corrected chi connectivity index (χ0v) is 20.1. The number of amides is 1. The maximum Gasteiger partial charge on any atom is 0.322 e. The molecule has 0 aliphatic carbocycles. The maximum atomic E-state index is 12.7. The van der Waals surface area contributed by atoms with Gasteiger partial charge in [-0.15, -0.1) is 0 Å². The Labute approximate surface area is 195 Å². The molecule has 8 nitrogen and oxygen atoms in total. The summed E-state index contributed by atoms with van der Waals surface area (Å²) >= 11 is 0. The van der Waals surface area contributed by atoms with Gasteiger partial charge in [-0.1, -0.05) is 55.8 Å². The maximum absolute atomic E-state index is 12.7. The van der Waals surface area contributed by atoms with Gasteiger partial charge in [-0.3, -0.25) is 14.4 Å². The number of ketones is 1. The fourth-order valence-electron chi connectivity index (χ4n) is 3.18. The van der Waals surface area contributed by atoms with Crippen molar-refractivity contribution >= 4 is 27.7 Å². The lowest BCUT2D eigenvalue weighted by Gasteiger charge is -2.22. The predicted octanol–water partition coefficient (Wildman–Crippen LogP) is 3.10. The largest absolute Gasteiger partial charge is 0.452 e. The highest BCUT2D eigenvalue weighted by Crippen LogP contribution is 2.19. The van der Waals surface area contributed by atoms with Crippen molar-refractivity contribution < 1.29 is 27.5 Å². The number of rotatable bonds is 11. The summed E-state index contributed by atoms with van der Waals surface area (Å²) < 4.78 is 31.4. The van der Waals surface area contributed by atoms with E-state index in [1.54, 1.807) is 0 Å². The predicted molar refractivity (Wildman–Crippen MR) is 124 cm³/mol. The van der Waals surface area contributed by atoms with Crippen LogP contribution in [0.5, 0.6) is 0 Å². The van der Waals surface area contributed by atoms with Crippen molar-refractivity contribution in [1.29, 1.82) is 0 Å². The molecule has 0 radical (unpaired) electrons. The van der Waals surface area contributed by atoms with E-state index in [1.807, 2.05) is 37.3 Å². The van der Waals surface area contributed by atoms with Crippen LogP contribution in [0.2, 0.25) is 0 Å². The molecule has 0 saturated carbocycles. The van der Waals surface area contributed by atoms with Gasteiger partial charge < -0.3 is 10.1 Å². The van der Waals surface area contributed by atoms with E-state index in [9.17, 15) is 22.8 Å². The van der Waals surface area contributed by atoms with Crippen LogP contribution in [-0.4, -0.2) is 50.1 Å². The normalized spacial score (nSPS) is 13.2. The van der Waals surface area contributed by atoms with Crippen molar-refractivity contribution in [3.63, 3.8) is 0 Å². The molecule has 0 aromatic heterocycles. The zero-order chi connectivity index (χ0) is 24.6. The minimum absolute atomic E-state index is 0.0566. The summed E-state index contributed by atoms with van der Waals surface area (Å²) in [5.74, 6) is -1.50. The second-order valence-corrected chi connectivity index (χ2v) is 9.78. The summed E-state index contributed by atoms with van der Waals surface area (Å²) in [6.07, 6.45) is 0.482. The highest BCUT2D eigenvalue weighted by atomic mass is 32.2. The second kappa shape index (κ2) is 11.7. The minimum atomic E-state index is -3.97. The van der Waals surface area contributed by atoms with E-state index < -0.39 is 34.5 Å². The molecule has 0 saturated heterocycles. The van der Waals surface area contributed by atoms with Gasteiger partial charge in [0, 0.05) is 12.6 Å². The highest BCUT2D eigenvalue weighted by molar-refractivity contribution is 7.89. The number of likely N-dealkylation sites (N-methyl/N-ethyl adjacent to an activating group) is 1. The first kappa shape index (κ1) is 26.2. The number of nitrogens with zero attached hydrogens (tertiary/aromatic N) is 1. The number of hydrogen-bond donors (Lipinski definition) is 1. The second-order valence-electron chi connectivity index (χ2n) is 7.73. The number of sulfonamides is 1. The fraction of sp³-hybridized carbons (Fsp3) is 0.375. The summed E-state index contributed by atoms with van der Waals surface area (Å²) in [6, 6.07) is 14.7. The van der Waals surface area contributed by atoms with Crippen molar-refractivity contribution in [2.45, 2.75) is 50.7 Å². The number of esters is 1. The average Bonchev–Trinajstić information content (AvgIpc) is 2.79. The van der Waals surface area contributed by atoms with Crippen molar-refractivity contribution in [1.82, 2.24) is 9.62 Å². The van der Waals surface area contributed by atoms with E-state index >= 15 is 0 Å². The van der Waals surface area contributed by atoms with Crippen LogP contribution in [0.1, 0.15) is 55.6 Å². The van der Waals surface area contributed by atoms with Crippen LogP contribution in [0.3, 0.4) is 0 Å². The van der Waals surface area contributed by atoms with Crippen LogP contribution >= 0.6 is 0 Å². The standard InChI is InChI=1S/C24H30N2O6S/c1-5-9-22(20-10-7-6-8-11-20)25-24(29)18(3)32-23(28)16-26(4)33(30,31)21-14-12-19(13-15-21)17(2)27/h6-8,10-15,18,22H,5,9,16H2,1-4H3,(H,25,29). The first-order valence-corrected chi connectivity index (χ1v) is 12.1. The van der Waals surface area contributed by atoms with E-state index in [4.69, 9.17) is 4.74 Å². The molecule has 0 spiro atoms. The molecule has 0 heterocycles. The Morgan fingerprint density at radius 3 is 2.18 bits per heavy atom. The Morgan fingerprint density at radius 1 is 1.03 bits per heavy atom. The molecule has 0 bridgehead atoms. The summed E-state index contributed by atoms with van der Waals surface area (Å²) in [5.41, 5.74) is 1.33. The summed E-state index contributed by atoms with van der Waals surface area (Å²) in [7, 11) is -2.73. The van der Waals surface area contributed by atoms with Crippen LogP contribution in [0.4, 0.5) is 0 Å². The van der Waals surface area contributed by atoms with E-state index in [0.29, 0.717) is 5.56 Å². The molecule has 2 rings (SSSR count). The number of ether oxygens (including phenoxy) is 1. The summed E-state index contributed by atoms with van der Waals surface area (Å²) in [4.78, 5) is 36.2. The van der Waals surface area contributed by atoms with Gasteiger partial charge in [0.25, 0.3) is 5.91 Å². The molecule has 1 amide bonds. The number of nitrogens with one attached hydrogen (secondary N) is 1. The third-order valence-corrected chi connectivity index (χ3v) is 6.91. The van der Waals surface area contributed by atoms with Crippen molar-refractivity contribution in [3.05, 3.63) is 65.7 Å². The molecule has 1 N–H and O–H groups in total. The molecule has 2 aromatic rings. The third kappa shape index (κ3) is 7.23. The highest BCUT2D eigenvalue weighted by Gasteiger charge is 2.26. The van der Waals surface area contributed by atoms with E-state index in [0.717, 1.165) is 22.7 Å². The first-order valence-electron chi connectivity index (χ1n) is 10.7. The molecule has 0 aliphatic heterocycles. The average molecular weight is 475 g/mol. The van der Waals surface area contributed by atoms with E-state index in [2.05, 4.69) is 5.32 Å². The molecule has 2 aromatic carbocycles. The third-order valence-electron chi connectivity index (χ3n) is 5.09. The van der Waals surface area contributed by atoms with Gasteiger partial charge in [0.15, 0.2) is 11.9 Å². The number of carbonyl (C=O) groups excluding carboxylic acids is 3. The number of benzene rings is 2. The van der Waals surface area contributed by atoms with Crippen molar-refractivity contribution in [2.75, 3.05) is 13.6 Å². The van der Waals surface area contributed by atoms with Crippen molar-refractivity contribution in [2.24, 2.45) is 0 Å². The Kier molecular flexibility index (Phi) is 9.31. The molecule has 0 aliphatic rings. The van der Waals surface area contributed by atoms with E-state index in [-0.39, 0.29) is 16.7 Å². The summed E-state index contributed by atoms with van der Waals surface area (Å²) in [6.45, 7) is 4.27. The zero-order valence-electron chi connectivity index (χ0n) is 19.3.